The second-order valence-corrected chi connectivity index (χ2v) is 7.78. The summed E-state index contributed by atoms with van der Waals surface area (Å²) in [5.41, 5.74) is 1.69. The molecule has 0 aliphatic rings. The normalized spacial score (nSPS) is 12.7. The average molecular weight is 428 g/mol. The summed E-state index contributed by atoms with van der Waals surface area (Å²) < 4.78 is 15.7. The van der Waals surface area contributed by atoms with Crippen LogP contribution in [0, 0.1) is 12.7 Å². The first kappa shape index (κ1) is 15.4. The largest absolute Gasteiger partial charge is 0.309 e. The second-order valence-electron chi connectivity index (χ2n) is 4.12. The molecule has 0 amide bonds. The molecule has 0 fully saturated rings. The van der Waals surface area contributed by atoms with Gasteiger partial charge >= 0.3 is 0 Å². The van der Waals surface area contributed by atoms with E-state index in [-0.39, 0.29) is 11.9 Å². The molecular formula is C13H11Br2ClFNS. The number of nitrogens with one attached hydrogen (secondary N) is 1. The summed E-state index contributed by atoms with van der Waals surface area (Å²) >= 11 is 14.4. The Hall–Kier alpha value is 0.0600. The molecule has 1 heterocycles. The van der Waals surface area contributed by atoms with E-state index in [1.165, 1.54) is 6.07 Å². The monoisotopic (exact) mass is 425 g/mol. The fourth-order valence-electron chi connectivity index (χ4n) is 1.84. The Morgan fingerprint density at radius 1 is 1.32 bits per heavy atom. The minimum Gasteiger partial charge on any atom is -0.309 e. The Morgan fingerprint density at radius 2 is 2.00 bits per heavy atom. The summed E-state index contributed by atoms with van der Waals surface area (Å²) in [6.45, 7) is 2.02. The topological polar surface area (TPSA) is 12.0 Å². The van der Waals surface area contributed by atoms with E-state index >= 15 is 0 Å². The molecule has 0 aliphatic heterocycles. The third-order valence-electron chi connectivity index (χ3n) is 2.80. The Kier molecular flexibility index (Phi) is 5.06. The molecule has 0 saturated heterocycles. The number of benzene rings is 1. The lowest BCUT2D eigenvalue weighted by Gasteiger charge is -2.16. The van der Waals surface area contributed by atoms with E-state index in [2.05, 4.69) is 37.2 Å². The van der Waals surface area contributed by atoms with Crippen molar-refractivity contribution in [1.29, 1.82) is 0 Å². The number of aryl methyl sites for hydroxylation is 1. The van der Waals surface area contributed by atoms with Gasteiger partial charge in [0.15, 0.2) is 0 Å². The van der Waals surface area contributed by atoms with Gasteiger partial charge < -0.3 is 5.32 Å². The zero-order valence-electron chi connectivity index (χ0n) is 10.2. The molecule has 1 atom stereocenters. The third kappa shape index (κ3) is 3.22. The molecule has 2 rings (SSSR count). The molecule has 1 N–H and O–H groups in total. The molecule has 0 spiro atoms. The highest BCUT2D eigenvalue weighted by Crippen LogP contribution is 2.37. The third-order valence-corrected chi connectivity index (χ3v) is 6.20. The molecule has 1 aromatic carbocycles. The highest BCUT2D eigenvalue weighted by atomic mass is 79.9. The summed E-state index contributed by atoms with van der Waals surface area (Å²) in [7, 11) is 1.81. The van der Waals surface area contributed by atoms with Crippen molar-refractivity contribution in [2.45, 2.75) is 13.0 Å². The van der Waals surface area contributed by atoms with Crippen molar-refractivity contribution < 1.29 is 4.39 Å². The zero-order valence-corrected chi connectivity index (χ0v) is 15.0. The first-order valence-corrected chi connectivity index (χ1v) is 8.29. The maximum absolute atomic E-state index is 14.1. The smallest absolute Gasteiger partial charge is 0.129 e. The van der Waals surface area contributed by atoms with Crippen LogP contribution in [0.2, 0.25) is 5.02 Å². The number of hydrogen-bond donors (Lipinski definition) is 1. The van der Waals surface area contributed by atoms with Crippen LogP contribution in [-0.2, 0) is 0 Å². The van der Waals surface area contributed by atoms with Gasteiger partial charge in [0.1, 0.15) is 5.82 Å². The van der Waals surface area contributed by atoms with Gasteiger partial charge in [-0.05, 0) is 69.6 Å². The van der Waals surface area contributed by atoms with Gasteiger partial charge in [-0.25, -0.2) is 4.39 Å². The summed E-state index contributed by atoms with van der Waals surface area (Å²) in [6, 6.07) is 4.90. The Bertz CT molecular complexity index is 595. The van der Waals surface area contributed by atoms with Crippen molar-refractivity contribution in [3.63, 3.8) is 0 Å². The van der Waals surface area contributed by atoms with Crippen molar-refractivity contribution in [1.82, 2.24) is 5.32 Å². The van der Waals surface area contributed by atoms with Crippen LogP contribution in [0.25, 0.3) is 0 Å². The standard InChI is InChI=1S/C13H11Br2ClFNS/c1-6-3-11(19-13(6)15)12(18-2)7-4-9(16)8(14)5-10(7)17/h3-5,12,18H,1-2H3. The van der Waals surface area contributed by atoms with Crippen LogP contribution in [0.5, 0.6) is 0 Å². The molecule has 2 aromatic rings. The van der Waals surface area contributed by atoms with Crippen LogP contribution < -0.4 is 5.32 Å². The molecule has 1 unspecified atom stereocenters. The molecule has 0 aliphatic carbocycles. The van der Waals surface area contributed by atoms with Gasteiger partial charge in [0, 0.05) is 14.9 Å². The Morgan fingerprint density at radius 3 is 2.53 bits per heavy atom. The predicted molar refractivity (Wildman–Crippen MR) is 86.8 cm³/mol. The molecule has 0 bridgehead atoms. The minimum atomic E-state index is -0.280. The van der Waals surface area contributed by atoms with Crippen molar-refractivity contribution in [2.24, 2.45) is 0 Å². The van der Waals surface area contributed by atoms with Crippen LogP contribution in [0.3, 0.4) is 0 Å². The first-order chi connectivity index (χ1) is 8.93. The molecule has 6 heteroatoms. The fourth-order valence-corrected chi connectivity index (χ4v) is 4.02. The van der Waals surface area contributed by atoms with Crippen molar-refractivity contribution in [2.75, 3.05) is 7.05 Å². The van der Waals surface area contributed by atoms with E-state index in [1.807, 2.05) is 20.0 Å². The molecule has 1 aromatic heterocycles. The maximum Gasteiger partial charge on any atom is 0.129 e. The number of rotatable bonds is 3. The summed E-state index contributed by atoms with van der Waals surface area (Å²) in [4.78, 5) is 1.05. The fraction of sp³-hybridized carbons (Fsp3) is 0.231. The molecule has 1 nitrogen and oxygen atoms in total. The summed E-state index contributed by atoms with van der Waals surface area (Å²) in [5.74, 6) is -0.280. The van der Waals surface area contributed by atoms with Gasteiger partial charge in [0.05, 0.1) is 14.9 Å². The van der Waals surface area contributed by atoms with Crippen LogP contribution in [0.1, 0.15) is 22.0 Å². The molecular weight excluding hydrogens is 416 g/mol. The van der Waals surface area contributed by atoms with Gasteiger partial charge in [0.25, 0.3) is 0 Å². The zero-order chi connectivity index (χ0) is 14.2. The van der Waals surface area contributed by atoms with E-state index in [0.717, 1.165) is 14.2 Å². The lowest BCUT2D eigenvalue weighted by molar-refractivity contribution is 0.578. The Balaban J connectivity index is 2.50. The SMILES string of the molecule is CNC(c1cc(C)c(Br)s1)c1cc(Cl)c(Br)cc1F. The van der Waals surface area contributed by atoms with Crippen LogP contribution in [0.4, 0.5) is 4.39 Å². The predicted octanol–water partition coefficient (Wildman–Crippen LogP) is 5.68. The molecule has 102 valence electrons. The summed E-state index contributed by atoms with van der Waals surface area (Å²) in [6.07, 6.45) is 0. The number of thiophene rings is 1. The first-order valence-electron chi connectivity index (χ1n) is 5.51. The van der Waals surface area contributed by atoms with E-state index in [0.29, 0.717) is 15.1 Å². The van der Waals surface area contributed by atoms with Gasteiger partial charge in [-0.2, -0.15) is 0 Å². The molecule has 0 radical (unpaired) electrons. The van der Waals surface area contributed by atoms with Gasteiger partial charge in [-0.3, -0.25) is 0 Å². The minimum absolute atomic E-state index is 0.208. The van der Waals surface area contributed by atoms with Gasteiger partial charge in [0.2, 0.25) is 0 Å². The van der Waals surface area contributed by atoms with Crippen molar-refractivity contribution in [3.8, 4) is 0 Å². The van der Waals surface area contributed by atoms with Crippen LogP contribution in [-0.4, -0.2) is 7.05 Å². The lowest BCUT2D eigenvalue weighted by atomic mass is 10.0. The van der Waals surface area contributed by atoms with Gasteiger partial charge in [-0.15, -0.1) is 11.3 Å². The highest BCUT2D eigenvalue weighted by molar-refractivity contribution is 9.11. The Labute approximate surface area is 137 Å². The number of hydrogen-bond acceptors (Lipinski definition) is 2. The van der Waals surface area contributed by atoms with E-state index in [4.69, 9.17) is 11.6 Å². The molecule has 0 saturated carbocycles. The van der Waals surface area contributed by atoms with Crippen LogP contribution >= 0.6 is 54.8 Å². The summed E-state index contributed by atoms with van der Waals surface area (Å²) in [5, 5.41) is 3.64. The quantitative estimate of drug-likeness (QED) is 0.621. The van der Waals surface area contributed by atoms with Crippen molar-refractivity contribution >= 4 is 54.8 Å². The molecule has 19 heavy (non-hydrogen) atoms. The highest BCUT2D eigenvalue weighted by Gasteiger charge is 2.20. The van der Waals surface area contributed by atoms with E-state index in [1.54, 1.807) is 17.4 Å². The van der Waals surface area contributed by atoms with Crippen LogP contribution in [0.15, 0.2) is 26.5 Å². The number of halogens is 4. The van der Waals surface area contributed by atoms with Crippen molar-refractivity contribution in [3.05, 3.63) is 53.3 Å². The van der Waals surface area contributed by atoms with Gasteiger partial charge in [-0.1, -0.05) is 11.6 Å². The van der Waals surface area contributed by atoms with E-state index < -0.39 is 0 Å². The second kappa shape index (κ2) is 6.22. The maximum atomic E-state index is 14.1. The lowest BCUT2D eigenvalue weighted by Crippen LogP contribution is -2.18. The van der Waals surface area contributed by atoms with E-state index in [9.17, 15) is 4.39 Å². The average Bonchev–Trinajstić information content (AvgIpc) is 2.67.